The zero-order valence-electron chi connectivity index (χ0n) is 14.8. The molecular formula is C21H20N2O3. The summed E-state index contributed by atoms with van der Waals surface area (Å²) < 4.78 is 5.72. The largest absolute Gasteiger partial charge is 0.441 e. The number of nitrogens with zero attached hydrogens (tertiary/aromatic N) is 1. The van der Waals surface area contributed by atoms with Crippen LogP contribution in [0.2, 0.25) is 0 Å². The molecule has 1 heterocycles. The number of ketones is 1. The van der Waals surface area contributed by atoms with Crippen LogP contribution in [0.4, 0.5) is 5.69 Å². The van der Waals surface area contributed by atoms with E-state index in [4.69, 9.17) is 4.42 Å². The summed E-state index contributed by atoms with van der Waals surface area (Å²) in [5.74, 6) is 1.09. The lowest BCUT2D eigenvalue weighted by atomic mass is 10.1. The number of rotatable bonds is 6. The minimum absolute atomic E-state index is 0.00356. The van der Waals surface area contributed by atoms with E-state index in [1.165, 1.54) is 12.5 Å². The Kier molecular flexibility index (Phi) is 5.27. The second kappa shape index (κ2) is 7.78. The van der Waals surface area contributed by atoms with Crippen molar-refractivity contribution in [1.82, 2.24) is 4.98 Å². The first kappa shape index (κ1) is 17.6. The van der Waals surface area contributed by atoms with Gasteiger partial charge in [-0.05, 0) is 38.1 Å². The highest BCUT2D eigenvalue weighted by Crippen LogP contribution is 2.21. The molecule has 1 N–H and O–H groups in total. The minimum Gasteiger partial charge on any atom is -0.441 e. The van der Waals surface area contributed by atoms with E-state index in [2.05, 4.69) is 10.3 Å². The smallest absolute Gasteiger partial charge is 0.224 e. The molecule has 0 saturated carbocycles. The van der Waals surface area contributed by atoms with Crippen LogP contribution in [-0.2, 0) is 11.2 Å². The van der Waals surface area contributed by atoms with Crippen molar-refractivity contribution in [3.8, 4) is 11.3 Å². The monoisotopic (exact) mass is 348 g/mol. The van der Waals surface area contributed by atoms with Gasteiger partial charge in [0.05, 0.1) is 6.20 Å². The van der Waals surface area contributed by atoms with Gasteiger partial charge < -0.3 is 9.73 Å². The molecule has 5 nitrogen and oxygen atoms in total. The predicted molar refractivity (Wildman–Crippen MR) is 100 cm³/mol. The third kappa shape index (κ3) is 4.45. The van der Waals surface area contributed by atoms with Gasteiger partial charge in [-0.1, -0.05) is 29.8 Å². The number of aryl methyl sites for hydroxylation is 2. The van der Waals surface area contributed by atoms with Crippen LogP contribution in [0, 0.1) is 6.92 Å². The molecule has 3 aromatic rings. The molecule has 0 aliphatic heterocycles. The van der Waals surface area contributed by atoms with Crippen molar-refractivity contribution in [2.45, 2.75) is 26.7 Å². The van der Waals surface area contributed by atoms with Crippen molar-refractivity contribution in [3.05, 3.63) is 71.7 Å². The number of anilines is 1. The molecule has 132 valence electrons. The number of oxazole rings is 1. The second-order valence-electron chi connectivity index (χ2n) is 6.17. The van der Waals surface area contributed by atoms with Gasteiger partial charge in [0.2, 0.25) is 5.91 Å². The van der Waals surface area contributed by atoms with Gasteiger partial charge in [-0.2, -0.15) is 0 Å². The fourth-order valence-electron chi connectivity index (χ4n) is 2.51. The molecule has 3 rings (SSSR count). The van der Waals surface area contributed by atoms with E-state index >= 15 is 0 Å². The van der Waals surface area contributed by atoms with Crippen LogP contribution < -0.4 is 5.32 Å². The van der Waals surface area contributed by atoms with Gasteiger partial charge in [-0.3, -0.25) is 9.59 Å². The lowest BCUT2D eigenvalue weighted by Crippen LogP contribution is -2.12. The summed E-state index contributed by atoms with van der Waals surface area (Å²) in [6.07, 6.45) is 2.37. The highest BCUT2D eigenvalue weighted by atomic mass is 16.4. The maximum atomic E-state index is 12.1. The predicted octanol–water partition coefficient (Wildman–Crippen LogP) is 4.42. The molecule has 0 unspecified atom stereocenters. The Morgan fingerprint density at radius 3 is 2.38 bits per heavy atom. The van der Waals surface area contributed by atoms with Crippen molar-refractivity contribution in [2.75, 3.05) is 5.32 Å². The third-order valence-corrected chi connectivity index (χ3v) is 4.03. The van der Waals surface area contributed by atoms with Crippen molar-refractivity contribution in [2.24, 2.45) is 0 Å². The summed E-state index contributed by atoms with van der Waals surface area (Å²) in [6, 6.07) is 14.8. The van der Waals surface area contributed by atoms with Crippen LogP contribution in [0.5, 0.6) is 0 Å². The SMILES string of the molecule is CC(=O)c1ccc(NC(=O)CCc2ncc(-c3ccc(C)cc3)o2)cc1. The van der Waals surface area contributed by atoms with Crippen LogP contribution in [0.1, 0.15) is 35.2 Å². The number of aromatic nitrogens is 1. The van der Waals surface area contributed by atoms with E-state index in [-0.39, 0.29) is 18.1 Å². The Morgan fingerprint density at radius 1 is 1.04 bits per heavy atom. The number of carbonyl (C=O) groups is 2. The molecule has 0 spiro atoms. The van der Waals surface area contributed by atoms with Crippen LogP contribution in [-0.4, -0.2) is 16.7 Å². The number of amides is 1. The lowest BCUT2D eigenvalue weighted by Gasteiger charge is -2.05. The molecule has 1 amide bonds. The highest BCUT2D eigenvalue weighted by molar-refractivity contribution is 5.95. The van der Waals surface area contributed by atoms with Gasteiger partial charge in [-0.25, -0.2) is 4.98 Å². The zero-order valence-corrected chi connectivity index (χ0v) is 14.8. The minimum atomic E-state index is -0.129. The fraction of sp³-hybridized carbons (Fsp3) is 0.190. The second-order valence-corrected chi connectivity index (χ2v) is 6.17. The lowest BCUT2D eigenvalue weighted by molar-refractivity contribution is -0.116. The van der Waals surface area contributed by atoms with Crippen molar-refractivity contribution in [1.29, 1.82) is 0 Å². The van der Waals surface area contributed by atoms with Gasteiger partial charge in [0, 0.05) is 29.7 Å². The fourth-order valence-corrected chi connectivity index (χ4v) is 2.51. The van der Waals surface area contributed by atoms with Crippen molar-refractivity contribution in [3.63, 3.8) is 0 Å². The Bertz CT molecular complexity index is 909. The van der Waals surface area contributed by atoms with Crippen molar-refractivity contribution < 1.29 is 14.0 Å². The van der Waals surface area contributed by atoms with E-state index < -0.39 is 0 Å². The summed E-state index contributed by atoms with van der Waals surface area (Å²) in [4.78, 5) is 27.6. The zero-order chi connectivity index (χ0) is 18.5. The average molecular weight is 348 g/mol. The molecule has 1 aromatic heterocycles. The highest BCUT2D eigenvalue weighted by Gasteiger charge is 2.09. The number of Topliss-reactive ketones (excluding diaryl/α,β-unsaturated/α-hetero) is 1. The normalized spacial score (nSPS) is 10.5. The van der Waals surface area contributed by atoms with Crippen LogP contribution in [0.25, 0.3) is 11.3 Å². The van der Waals surface area contributed by atoms with E-state index in [1.54, 1.807) is 30.5 Å². The van der Waals surface area contributed by atoms with Crippen LogP contribution in [0.15, 0.2) is 59.1 Å². The molecule has 0 bridgehead atoms. The topological polar surface area (TPSA) is 72.2 Å². The molecule has 5 heteroatoms. The van der Waals surface area contributed by atoms with Crippen molar-refractivity contribution >= 4 is 17.4 Å². The first-order valence-electron chi connectivity index (χ1n) is 8.44. The summed E-state index contributed by atoms with van der Waals surface area (Å²) >= 11 is 0. The van der Waals surface area contributed by atoms with Crippen LogP contribution in [0.3, 0.4) is 0 Å². The number of carbonyl (C=O) groups excluding carboxylic acids is 2. The van der Waals surface area contributed by atoms with Gasteiger partial charge in [0.25, 0.3) is 0 Å². The standard InChI is InChI=1S/C21H20N2O3/c1-14-3-5-17(6-4-14)19-13-22-21(26-19)12-11-20(25)23-18-9-7-16(8-10-18)15(2)24/h3-10,13H,11-12H2,1-2H3,(H,23,25). The van der Waals surface area contributed by atoms with E-state index in [1.807, 2.05) is 31.2 Å². The number of hydrogen-bond donors (Lipinski definition) is 1. The molecule has 0 aliphatic carbocycles. The first-order chi connectivity index (χ1) is 12.5. The summed E-state index contributed by atoms with van der Waals surface area (Å²) in [5.41, 5.74) is 3.42. The van der Waals surface area contributed by atoms with Gasteiger partial charge in [-0.15, -0.1) is 0 Å². The van der Waals surface area contributed by atoms with Gasteiger partial charge >= 0.3 is 0 Å². The molecular weight excluding hydrogens is 328 g/mol. The number of nitrogens with one attached hydrogen (secondary N) is 1. The third-order valence-electron chi connectivity index (χ3n) is 4.03. The molecule has 2 aromatic carbocycles. The quantitative estimate of drug-likeness (QED) is 0.669. The van der Waals surface area contributed by atoms with Gasteiger partial charge in [0.1, 0.15) is 0 Å². The van der Waals surface area contributed by atoms with Crippen LogP contribution >= 0.6 is 0 Å². The maximum absolute atomic E-state index is 12.1. The molecule has 0 atom stereocenters. The molecule has 26 heavy (non-hydrogen) atoms. The number of hydrogen-bond acceptors (Lipinski definition) is 4. The first-order valence-corrected chi connectivity index (χ1v) is 8.44. The molecule has 0 fully saturated rings. The van der Waals surface area contributed by atoms with E-state index in [0.717, 1.165) is 5.56 Å². The molecule has 0 aliphatic rings. The Hall–Kier alpha value is -3.21. The summed E-state index contributed by atoms with van der Waals surface area (Å²) in [6.45, 7) is 3.54. The van der Waals surface area contributed by atoms with Gasteiger partial charge in [0.15, 0.2) is 17.4 Å². The maximum Gasteiger partial charge on any atom is 0.224 e. The summed E-state index contributed by atoms with van der Waals surface area (Å²) in [7, 11) is 0. The molecule has 0 radical (unpaired) electrons. The number of benzene rings is 2. The Morgan fingerprint density at radius 2 is 1.73 bits per heavy atom. The summed E-state index contributed by atoms with van der Waals surface area (Å²) in [5, 5.41) is 2.80. The van der Waals surface area contributed by atoms with E-state index in [9.17, 15) is 9.59 Å². The Labute approximate surface area is 152 Å². The molecule has 0 saturated heterocycles. The van der Waals surface area contributed by atoms with E-state index in [0.29, 0.717) is 29.3 Å². The average Bonchev–Trinajstić information content (AvgIpc) is 3.10. The Balaban J connectivity index is 1.54.